The third-order valence-electron chi connectivity index (χ3n) is 2.21. The number of hydrogen-bond donors (Lipinski definition) is 2. The van der Waals surface area contributed by atoms with E-state index >= 15 is 0 Å². The Morgan fingerprint density at radius 2 is 2.25 bits per heavy atom. The Hall–Kier alpha value is -1.26. The molecule has 0 atom stereocenters. The van der Waals surface area contributed by atoms with E-state index < -0.39 is 0 Å². The van der Waals surface area contributed by atoms with E-state index in [9.17, 15) is 9.59 Å². The highest BCUT2D eigenvalue weighted by Gasteiger charge is 2.19. The second-order valence-electron chi connectivity index (χ2n) is 3.40. The lowest BCUT2D eigenvalue weighted by atomic mass is 10.1. The molecule has 16 heavy (non-hydrogen) atoms. The Bertz CT molecular complexity index is 474. The molecule has 1 heterocycles. The fourth-order valence-corrected chi connectivity index (χ4v) is 1.81. The van der Waals surface area contributed by atoms with Gasteiger partial charge in [-0.3, -0.25) is 9.59 Å². The standard InChI is InChI=1S/C10H8Cl2N2O2/c11-4-10(16)14-8-1-5-2-9(15)13-7(5)3-6(8)12/h1,3H,2,4H2,(H,13,15)(H,14,16). The molecule has 1 aliphatic rings. The van der Waals surface area contributed by atoms with Gasteiger partial charge >= 0.3 is 0 Å². The first-order valence-corrected chi connectivity index (χ1v) is 5.49. The van der Waals surface area contributed by atoms with Gasteiger partial charge in [0.15, 0.2) is 0 Å². The highest BCUT2D eigenvalue weighted by atomic mass is 35.5. The van der Waals surface area contributed by atoms with Gasteiger partial charge in [0.05, 0.1) is 17.1 Å². The Labute approximate surface area is 102 Å². The van der Waals surface area contributed by atoms with Crippen molar-refractivity contribution < 1.29 is 9.59 Å². The second-order valence-corrected chi connectivity index (χ2v) is 4.07. The molecule has 6 heteroatoms. The van der Waals surface area contributed by atoms with Crippen LogP contribution >= 0.6 is 23.2 Å². The first kappa shape index (κ1) is 11.2. The molecule has 0 spiro atoms. The van der Waals surface area contributed by atoms with E-state index in [0.717, 1.165) is 5.56 Å². The predicted molar refractivity (Wildman–Crippen MR) is 63.1 cm³/mol. The maximum Gasteiger partial charge on any atom is 0.239 e. The van der Waals surface area contributed by atoms with Gasteiger partial charge in [0.2, 0.25) is 11.8 Å². The van der Waals surface area contributed by atoms with Crippen molar-refractivity contribution in [2.24, 2.45) is 0 Å². The third kappa shape index (κ3) is 2.13. The Morgan fingerprint density at radius 1 is 1.50 bits per heavy atom. The van der Waals surface area contributed by atoms with Gasteiger partial charge in [-0.15, -0.1) is 11.6 Å². The molecule has 0 radical (unpaired) electrons. The van der Waals surface area contributed by atoms with Crippen LogP contribution in [0, 0.1) is 0 Å². The molecular weight excluding hydrogens is 251 g/mol. The number of carbonyl (C=O) groups is 2. The van der Waals surface area contributed by atoms with E-state index in [1.807, 2.05) is 0 Å². The summed E-state index contributed by atoms with van der Waals surface area (Å²) in [6, 6.07) is 3.30. The predicted octanol–water partition coefficient (Wildman–Crippen LogP) is 2.01. The molecule has 0 aliphatic carbocycles. The molecule has 2 rings (SSSR count). The van der Waals surface area contributed by atoms with Crippen molar-refractivity contribution in [3.05, 3.63) is 22.7 Å². The number of hydrogen-bond acceptors (Lipinski definition) is 2. The number of nitrogens with one attached hydrogen (secondary N) is 2. The van der Waals surface area contributed by atoms with Crippen LogP contribution in [0.2, 0.25) is 5.02 Å². The van der Waals surface area contributed by atoms with Crippen LogP contribution in [-0.4, -0.2) is 17.7 Å². The minimum atomic E-state index is -0.333. The van der Waals surface area contributed by atoms with E-state index in [4.69, 9.17) is 23.2 Å². The molecule has 0 saturated carbocycles. The molecule has 4 nitrogen and oxygen atoms in total. The van der Waals surface area contributed by atoms with Crippen LogP contribution in [0.3, 0.4) is 0 Å². The summed E-state index contributed by atoms with van der Waals surface area (Å²) in [6.07, 6.45) is 0.302. The Morgan fingerprint density at radius 3 is 2.94 bits per heavy atom. The maximum atomic E-state index is 11.1. The number of anilines is 2. The summed E-state index contributed by atoms with van der Waals surface area (Å²) < 4.78 is 0. The maximum absolute atomic E-state index is 11.1. The fraction of sp³-hybridized carbons (Fsp3) is 0.200. The van der Waals surface area contributed by atoms with Crippen LogP contribution in [0.1, 0.15) is 5.56 Å². The Kier molecular flexibility index (Phi) is 3.03. The zero-order chi connectivity index (χ0) is 11.7. The van der Waals surface area contributed by atoms with Gasteiger partial charge in [-0.1, -0.05) is 11.6 Å². The van der Waals surface area contributed by atoms with E-state index in [-0.39, 0.29) is 17.7 Å². The van der Waals surface area contributed by atoms with Crippen LogP contribution in [0.4, 0.5) is 11.4 Å². The van der Waals surface area contributed by atoms with Crippen molar-refractivity contribution in [1.29, 1.82) is 0 Å². The average Bonchev–Trinajstić information content (AvgIpc) is 2.58. The van der Waals surface area contributed by atoms with E-state index in [0.29, 0.717) is 22.8 Å². The molecule has 1 aliphatic heterocycles. The molecule has 84 valence electrons. The number of fused-ring (bicyclic) bond motifs is 1. The molecule has 0 bridgehead atoms. The van der Waals surface area contributed by atoms with Crippen LogP contribution in [0.25, 0.3) is 0 Å². The van der Waals surface area contributed by atoms with Crippen molar-refractivity contribution >= 4 is 46.4 Å². The lowest BCUT2D eigenvalue weighted by Crippen LogP contribution is -2.13. The van der Waals surface area contributed by atoms with Gasteiger partial charge in [-0.2, -0.15) is 0 Å². The van der Waals surface area contributed by atoms with Gasteiger partial charge in [0, 0.05) is 5.69 Å². The Balaban J connectivity index is 2.31. The zero-order valence-corrected chi connectivity index (χ0v) is 9.65. The van der Waals surface area contributed by atoms with Crippen LogP contribution < -0.4 is 10.6 Å². The highest BCUT2D eigenvalue weighted by Crippen LogP contribution is 2.32. The number of alkyl halides is 1. The smallest absolute Gasteiger partial charge is 0.239 e. The molecule has 0 aromatic heterocycles. The monoisotopic (exact) mass is 258 g/mol. The zero-order valence-electron chi connectivity index (χ0n) is 8.14. The number of carbonyl (C=O) groups excluding carboxylic acids is 2. The van der Waals surface area contributed by atoms with Crippen LogP contribution in [-0.2, 0) is 16.0 Å². The lowest BCUT2D eigenvalue weighted by Gasteiger charge is -2.08. The SMILES string of the molecule is O=C(CCl)Nc1cc2c(cc1Cl)NC(=O)C2. The van der Waals surface area contributed by atoms with Gasteiger partial charge in [0.25, 0.3) is 0 Å². The minimum absolute atomic E-state index is 0.0770. The van der Waals surface area contributed by atoms with Crippen molar-refractivity contribution in [3.8, 4) is 0 Å². The fourth-order valence-electron chi connectivity index (χ4n) is 1.53. The van der Waals surface area contributed by atoms with Crippen molar-refractivity contribution in [1.82, 2.24) is 0 Å². The first-order valence-electron chi connectivity index (χ1n) is 4.58. The van der Waals surface area contributed by atoms with Gasteiger partial charge in [0.1, 0.15) is 5.88 Å². The lowest BCUT2D eigenvalue weighted by molar-refractivity contribution is -0.115. The van der Waals surface area contributed by atoms with E-state index in [1.165, 1.54) is 0 Å². The summed E-state index contributed by atoms with van der Waals surface area (Å²) in [5.74, 6) is -0.544. The summed E-state index contributed by atoms with van der Waals surface area (Å²) in [6.45, 7) is 0. The molecule has 2 amide bonds. The summed E-state index contributed by atoms with van der Waals surface area (Å²) in [5, 5.41) is 5.61. The van der Waals surface area contributed by atoms with Gasteiger partial charge < -0.3 is 10.6 Å². The summed E-state index contributed by atoms with van der Waals surface area (Å²) in [5.41, 5.74) is 1.99. The molecule has 2 N–H and O–H groups in total. The first-order chi connectivity index (χ1) is 7.60. The number of benzene rings is 1. The van der Waals surface area contributed by atoms with Crippen LogP contribution in [0.5, 0.6) is 0 Å². The van der Waals surface area contributed by atoms with Crippen molar-refractivity contribution in [3.63, 3.8) is 0 Å². The molecule has 0 fully saturated rings. The van der Waals surface area contributed by atoms with Gasteiger partial charge in [-0.25, -0.2) is 0 Å². The quantitative estimate of drug-likeness (QED) is 0.798. The molecular formula is C10H8Cl2N2O2. The summed E-state index contributed by atoms with van der Waals surface area (Å²) in [7, 11) is 0. The number of rotatable bonds is 2. The number of amides is 2. The molecule has 0 unspecified atom stereocenters. The van der Waals surface area contributed by atoms with E-state index in [2.05, 4.69) is 10.6 Å². The molecule has 1 aromatic carbocycles. The number of halogens is 2. The normalized spacial score (nSPS) is 13.2. The van der Waals surface area contributed by atoms with Crippen molar-refractivity contribution in [2.75, 3.05) is 16.5 Å². The largest absolute Gasteiger partial charge is 0.325 e. The van der Waals surface area contributed by atoms with Crippen molar-refractivity contribution in [2.45, 2.75) is 6.42 Å². The average molecular weight is 259 g/mol. The third-order valence-corrected chi connectivity index (χ3v) is 2.77. The molecule has 1 aromatic rings. The van der Waals surface area contributed by atoms with Gasteiger partial charge in [-0.05, 0) is 17.7 Å². The topological polar surface area (TPSA) is 58.2 Å². The van der Waals surface area contributed by atoms with Crippen LogP contribution in [0.15, 0.2) is 12.1 Å². The van der Waals surface area contributed by atoms with E-state index in [1.54, 1.807) is 12.1 Å². The molecule has 0 saturated heterocycles. The second kappa shape index (κ2) is 4.31. The minimum Gasteiger partial charge on any atom is -0.325 e. The summed E-state index contributed by atoms with van der Waals surface area (Å²) in [4.78, 5) is 22.3. The summed E-state index contributed by atoms with van der Waals surface area (Å²) >= 11 is 11.3. The highest BCUT2D eigenvalue weighted by molar-refractivity contribution is 6.35.